The monoisotopic (exact) mass is 277 g/mol. The number of nitrogens with zero attached hydrogens (tertiary/aromatic N) is 2. The van der Waals surface area contributed by atoms with Crippen molar-refractivity contribution < 1.29 is 9.53 Å². The van der Waals surface area contributed by atoms with E-state index < -0.39 is 0 Å². The van der Waals surface area contributed by atoms with Crippen molar-refractivity contribution >= 4 is 5.91 Å². The van der Waals surface area contributed by atoms with Crippen LogP contribution >= 0.6 is 0 Å². The summed E-state index contributed by atoms with van der Waals surface area (Å²) < 4.78 is 5.30. The van der Waals surface area contributed by atoms with E-state index in [1.54, 1.807) is 6.20 Å². The number of amides is 1. The fourth-order valence-electron chi connectivity index (χ4n) is 2.23. The summed E-state index contributed by atoms with van der Waals surface area (Å²) in [5.74, 6) is 0.109. The smallest absolute Gasteiger partial charge is 0.220 e. The van der Waals surface area contributed by atoms with Crippen LogP contribution in [0, 0.1) is 0 Å². The van der Waals surface area contributed by atoms with Gasteiger partial charge in [-0.15, -0.1) is 0 Å². The van der Waals surface area contributed by atoms with Crippen LogP contribution in [0.25, 0.3) is 0 Å². The molecule has 20 heavy (non-hydrogen) atoms. The van der Waals surface area contributed by atoms with Gasteiger partial charge >= 0.3 is 0 Å². The third-order valence-electron chi connectivity index (χ3n) is 3.41. The van der Waals surface area contributed by atoms with E-state index in [4.69, 9.17) is 4.74 Å². The lowest BCUT2D eigenvalue weighted by Crippen LogP contribution is -2.38. The molecule has 0 radical (unpaired) electrons. The molecule has 0 atom stereocenters. The molecule has 0 aromatic carbocycles. The highest BCUT2D eigenvalue weighted by Gasteiger charge is 2.09. The maximum atomic E-state index is 11.7. The first-order valence-electron chi connectivity index (χ1n) is 7.31. The normalized spacial score (nSPS) is 16.0. The Balaban J connectivity index is 1.51. The maximum absolute atomic E-state index is 11.7. The molecule has 1 amide bonds. The summed E-state index contributed by atoms with van der Waals surface area (Å²) in [4.78, 5) is 18.3. The number of pyridine rings is 1. The van der Waals surface area contributed by atoms with Crippen molar-refractivity contribution in [2.75, 3.05) is 39.4 Å². The molecule has 1 aromatic rings. The third-order valence-corrected chi connectivity index (χ3v) is 3.41. The maximum Gasteiger partial charge on any atom is 0.220 e. The van der Waals surface area contributed by atoms with Gasteiger partial charge in [0, 0.05) is 37.9 Å². The lowest BCUT2D eigenvalue weighted by atomic mass is 10.2. The number of rotatable bonds is 7. The molecule has 1 aromatic heterocycles. The molecule has 1 N–H and O–H groups in total. The summed E-state index contributed by atoms with van der Waals surface area (Å²) in [5, 5.41) is 2.97. The van der Waals surface area contributed by atoms with Gasteiger partial charge in [-0.2, -0.15) is 0 Å². The van der Waals surface area contributed by atoms with Crippen LogP contribution < -0.4 is 5.32 Å². The highest BCUT2D eigenvalue weighted by Crippen LogP contribution is 1.99. The first-order chi connectivity index (χ1) is 9.84. The molecule has 0 bridgehead atoms. The molecule has 1 fully saturated rings. The van der Waals surface area contributed by atoms with Crippen molar-refractivity contribution in [3.63, 3.8) is 0 Å². The molecule has 5 heteroatoms. The lowest BCUT2D eigenvalue weighted by molar-refractivity contribution is -0.121. The van der Waals surface area contributed by atoms with E-state index in [1.807, 2.05) is 18.2 Å². The van der Waals surface area contributed by atoms with Gasteiger partial charge in [-0.25, -0.2) is 0 Å². The Kier molecular flexibility index (Phi) is 6.47. The quantitative estimate of drug-likeness (QED) is 0.751. The minimum atomic E-state index is 0.109. The van der Waals surface area contributed by atoms with Crippen LogP contribution in [0.15, 0.2) is 24.4 Å². The zero-order valence-electron chi connectivity index (χ0n) is 11.9. The van der Waals surface area contributed by atoms with E-state index in [9.17, 15) is 4.79 Å². The number of hydrogen-bond acceptors (Lipinski definition) is 4. The van der Waals surface area contributed by atoms with Gasteiger partial charge in [-0.05, 0) is 31.5 Å². The van der Waals surface area contributed by atoms with Crippen molar-refractivity contribution in [3.05, 3.63) is 30.1 Å². The Morgan fingerprint density at radius 2 is 2.20 bits per heavy atom. The van der Waals surface area contributed by atoms with Gasteiger partial charge in [-0.3, -0.25) is 14.7 Å². The highest BCUT2D eigenvalue weighted by molar-refractivity contribution is 5.76. The molecule has 1 aliphatic heterocycles. The van der Waals surface area contributed by atoms with Crippen LogP contribution in [0.1, 0.15) is 18.5 Å². The highest BCUT2D eigenvalue weighted by atomic mass is 16.5. The molecule has 0 spiro atoms. The number of carbonyl (C=O) groups excluding carboxylic acids is 1. The second-order valence-electron chi connectivity index (χ2n) is 4.98. The molecule has 0 unspecified atom stereocenters. The lowest BCUT2D eigenvalue weighted by Gasteiger charge is -2.26. The van der Waals surface area contributed by atoms with Crippen molar-refractivity contribution in [2.45, 2.75) is 19.3 Å². The molecule has 5 nitrogen and oxygen atoms in total. The van der Waals surface area contributed by atoms with E-state index >= 15 is 0 Å². The molecule has 1 aliphatic rings. The van der Waals surface area contributed by atoms with Crippen LogP contribution in [-0.2, 0) is 16.0 Å². The Morgan fingerprint density at radius 3 is 2.95 bits per heavy atom. The molecule has 2 rings (SSSR count). The largest absolute Gasteiger partial charge is 0.379 e. The third kappa shape index (κ3) is 5.67. The Labute approximate surface area is 120 Å². The predicted molar refractivity (Wildman–Crippen MR) is 77.4 cm³/mol. The van der Waals surface area contributed by atoms with Crippen LogP contribution in [0.4, 0.5) is 0 Å². The summed E-state index contributed by atoms with van der Waals surface area (Å²) in [5.41, 5.74) is 0.968. The number of nitrogens with one attached hydrogen (secondary N) is 1. The summed E-state index contributed by atoms with van der Waals surface area (Å²) in [6.45, 7) is 5.45. The molecular formula is C15H23N3O2. The number of ether oxygens (including phenoxy) is 1. The van der Waals surface area contributed by atoms with Crippen LogP contribution in [0.5, 0.6) is 0 Å². The second kappa shape index (κ2) is 8.66. The van der Waals surface area contributed by atoms with Gasteiger partial charge in [0.25, 0.3) is 0 Å². The van der Waals surface area contributed by atoms with Gasteiger partial charge in [0.2, 0.25) is 5.91 Å². The number of morpholine rings is 1. The number of hydrogen-bond donors (Lipinski definition) is 1. The summed E-state index contributed by atoms with van der Waals surface area (Å²) in [6, 6.07) is 5.78. The molecule has 1 saturated heterocycles. The van der Waals surface area contributed by atoms with Crippen molar-refractivity contribution in [3.8, 4) is 0 Å². The summed E-state index contributed by atoms with van der Waals surface area (Å²) in [7, 11) is 0. The zero-order valence-corrected chi connectivity index (χ0v) is 11.9. The predicted octanol–water partition coefficient (Wildman–Crippen LogP) is 0.853. The fraction of sp³-hybridized carbons (Fsp3) is 0.600. The van der Waals surface area contributed by atoms with Gasteiger partial charge < -0.3 is 10.1 Å². The van der Waals surface area contributed by atoms with Crippen molar-refractivity contribution in [2.24, 2.45) is 0 Å². The number of aryl methyl sites for hydroxylation is 1. The Bertz CT molecular complexity index is 391. The van der Waals surface area contributed by atoms with Gasteiger partial charge in [0.15, 0.2) is 0 Å². The minimum absolute atomic E-state index is 0.109. The number of carbonyl (C=O) groups is 1. The minimum Gasteiger partial charge on any atom is -0.379 e. The topological polar surface area (TPSA) is 54.5 Å². The van der Waals surface area contributed by atoms with Crippen LogP contribution in [-0.4, -0.2) is 55.2 Å². The second-order valence-corrected chi connectivity index (χ2v) is 4.98. The van der Waals surface area contributed by atoms with Gasteiger partial charge in [0.1, 0.15) is 0 Å². The molecule has 0 saturated carbocycles. The number of aromatic nitrogens is 1. The first-order valence-corrected chi connectivity index (χ1v) is 7.31. The Hall–Kier alpha value is -1.46. The van der Waals surface area contributed by atoms with Gasteiger partial charge in [0.05, 0.1) is 13.2 Å². The van der Waals surface area contributed by atoms with Crippen LogP contribution in [0.2, 0.25) is 0 Å². The Morgan fingerprint density at radius 1 is 1.35 bits per heavy atom. The fourth-order valence-corrected chi connectivity index (χ4v) is 2.23. The van der Waals surface area contributed by atoms with Crippen molar-refractivity contribution in [1.82, 2.24) is 15.2 Å². The first kappa shape index (κ1) is 14.9. The molecule has 2 heterocycles. The molecular weight excluding hydrogens is 254 g/mol. The zero-order chi connectivity index (χ0) is 14.0. The van der Waals surface area contributed by atoms with Crippen LogP contribution in [0.3, 0.4) is 0 Å². The SMILES string of the molecule is O=C(CCc1ccccn1)NCCCN1CCOCC1. The van der Waals surface area contributed by atoms with Gasteiger partial charge in [-0.1, -0.05) is 6.07 Å². The molecule has 0 aliphatic carbocycles. The summed E-state index contributed by atoms with van der Waals surface area (Å²) in [6.07, 6.45) is 3.97. The molecule has 110 valence electrons. The van der Waals surface area contributed by atoms with E-state index in [0.29, 0.717) is 12.8 Å². The van der Waals surface area contributed by atoms with Crippen molar-refractivity contribution in [1.29, 1.82) is 0 Å². The average Bonchev–Trinajstić information content (AvgIpc) is 2.52. The average molecular weight is 277 g/mol. The standard InChI is InChI=1S/C15H23N3O2/c19-15(6-5-14-4-1-2-7-16-14)17-8-3-9-18-10-12-20-13-11-18/h1-2,4,7H,3,5-6,8-13H2,(H,17,19). The van der Waals surface area contributed by atoms with E-state index in [2.05, 4.69) is 15.2 Å². The van der Waals surface area contributed by atoms with E-state index in [1.165, 1.54) is 0 Å². The summed E-state index contributed by atoms with van der Waals surface area (Å²) >= 11 is 0. The van der Waals surface area contributed by atoms with E-state index in [0.717, 1.165) is 51.5 Å². The van der Waals surface area contributed by atoms with E-state index in [-0.39, 0.29) is 5.91 Å².